The molecule has 7 nitrogen and oxygen atoms in total. The van der Waals surface area contributed by atoms with Gasteiger partial charge in [0.2, 0.25) is 0 Å². The van der Waals surface area contributed by atoms with Gasteiger partial charge >= 0.3 is 12.3 Å². The van der Waals surface area contributed by atoms with Crippen molar-refractivity contribution in [3.8, 4) is 0 Å². The number of imidazole rings is 1. The molecule has 4 rings (SSSR count). The summed E-state index contributed by atoms with van der Waals surface area (Å²) in [6.45, 7) is 5.04. The van der Waals surface area contributed by atoms with Gasteiger partial charge in [-0.1, -0.05) is 44.2 Å². The lowest BCUT2D eigenvalue weighted by molar-refractivity contribution is -0.142. The summed E-state index contributed by atoms with van der Waals surface area (Å²) < 4.78 is 46.6. The molecule has 1 fully saturated rings. The van der Waals surface area contributed by atoms with E-state index in [-0.39, 0.29) is 34.1 Å². The first-order valence-electron chi connectivity index (χ1n) is 10.4. The average molecular weight is 526 g/mol. The maximum Gasteiger partial charge on any atom is 0.434 e. The highest BCUT2D eigenvalue weighted by Crippen LogP contribution is 2.37. The molecule has 1 aromatic carbocycles. The van der Waals surface area contributed by atoms with Crippen LogP contribution in [0.15, 0.2) is 47.3 Å². The minimum atomic E-state index is -4.60. The van der Waals surface area contributed by atoms with Crippen molar-refractivity contribution in [1.29, 1.82) is 0 Å². The number of aromatic nitrogens is 3. The summed E-state index contributed by atoms with van der Waals surface area (Å²) in [6, 6.07) is 9.13. The van der Waals surface area contributed by atoms with Crippen LogP contribution in [0.25, 0.3) is 5.65 Å². The molecule has 3 aromatic rings. The molecule has 1 N–H and O–H groups in total. The molecule has 0 radical (unpaired) electrons. The van der Waals surface area contributed by atoms with Crippen molar-refractivity contribution >= 4 is 33.5 Å². The SMILES string of the molecule is CC1(C)C[C@H](Nc2nc(Br)c(C(F)(F)F)n3ccnc23)CN(C(=O)OCc2ccccc2)C1. The van der Waals surface area contributed by atoms with E-state index < -0.39 is 18.0 Å². The summed E-state index contributed by atoms with van der Waals surface area (Å²) in [4.78, 5) is 22.5. The Balaban J connectivity index is 1.53. The van der Waals surface area contributed by atoms with Crippen molar-refractivity contribution in [2.75, 3.05) is 18.4 Å². The Morgan fingerprint density at radius 1 is 1.30 bits per heavy atom. The van der Waals surface area contributed by atoms with E-state index in [1.54, 1.807) is 4.90 Å². The van der Waals surface area contributed by atoms with Crippen LogP contribution in [0, 0.1) is 5.41 Å². The van der Waals surface area contributed by atoms with Crippen molar-refractivity contribution in [3.63, 3.8) is 0 Å². The predicted octanol–water partition coefficient (Wildman–Crippen LogP) is 5.36. The van der Waals surface area contributed by atoms with E-state index in [9.17, 15) is 18.0 Å². The standard InChI is InChI=1S/C22H23BrF3N5O2/c1-21(2)10-15(11-30(13-21)20(32)33-12-14-6-4-3-5-7-14)28-18-19-27-8-9-31(19)16(17(23)29-18)22(24,25)26/h3-9,15H,10-13H2,1-2H3,(H,28,29)/t15-/m0/s1. The fourth-order valence-corrected chi connectivity index (χ4v) is 4.79. The molecular formula is C22H23BrF3N5O2. The summed E-state index contributed by atoms with van der Waals surface area (Å²) in [6.07, 6.45) is -1.82. The molecule has 0 saturated carbocycles. The Hall–Kier alpha value is -2.82. The summed E-state index contributed by atoms with van der Waals surface area (Å²) in [5.41, 5.74) is -0.226. The van der Waals surface area contributed by atoms with Crippen LogP contribution in [0.2, 0.25) is 0 Å². The number of benzene rings is 1. The highest BCUT2D eigenvalue weighted by Gasteiger charge is 2.39. The largest absolute Gasteiger partial charge is 0.445 e. The molecule has 1 saturated heterocycles. The van der Waals surface area contributed by atoms with Crippen LogP contribution >= 0.6 is 15.9 Å². The second-order valence-electron chi connectivity index (χ2n) is 8.85. The van der Waals surface area contributed by atoms with Crippen LogP contribution in [0.1, 0.15) is 31.5 Å². The smallest absolute Gasteiger partial charge is 0.434 e. The number of nitrogens with one attached hydrogen (secondary N) is 1. The average Bonchev–Trinajstić information content (AvgIpc) is 3.20. The summed E-state index contributed by atoms with van der Waals surface area (Å²) >= 11 is 2.95. The summed E-state index contributed by atoms with van der Waals surface area (Å²) in [5.74, 6) is 0.208. The van der Waals surface area contributed by atoms with Crippen molar-refractivity contribution in [3.05, 3.63) is 58.6 Å². The molecule has 11 heteroatoms. The predicted molar refractivity (Wildman–Crippen MR) is 120 cm³/mol. The topological polar surface area (TPSA) is 71.8 Å². The molecule has 2 aromatic heterocycles. The molecule has 1 aliphatic heterocycles. The number of nitrogens with zero attached hydrogens (tertiary/aromatic N) is 4. The quantitative estimate of drug-likeness (QED) is 0.496. The Bertz CT molecular complexity index is 1150. The normalized spacial score (nSPS) is 18.4. The van der Waals surface area contributed by atoms with E-state index in [2.05, 4.69) is 31.2 Å². The van der Waals surface area contributed by atoms with E-state index in [1.807, 2.05) is 44.2 Å². The number of fused-ring (bicyclic) bond motifs is 1. The van der Waals surface area contributed by atoms with Gasteiger partial charge in [-0.15, -0.1) is 0 Å². The van der Waals surface area contributed by atoms with Crippen LogP contribution in [0.3, 0.4) is 0 Å². The highest BCUT2D eigenvalue weighted by molar-refractivity contribution is 9.10. The zero-order chi connectivity index (χ0) is 23.8. The van der Waals surface area contributed by atoms with Gasteiger partial charge in [0.25, 0.3) is 0 Å². The maximum absolute atomic E-state index is 13.5. The summed E-state index contributed by atoms with van der Waals surface area (Å²) in [5, 5.41) is 3.20. The maximum atomic E-state index is 13.5. The zero-order valence-electron chi connectivity index (χ0n) is 18.1. The fraction of sp³-hybridized carbons (Fsp3) is 0.409. The number of halogens is 4. The minimum Gasteiger partial charge on any atom is -0.445 e. The molecule has 1 amide bonds. The second-order valence-corrected chi connectivity index (χ2v) is 9.60. The van der Waals surface area contributed by atoms with Gasteiger partial charge in [-0.3, -0.25) is 4.40 Å². The lowest BCUT2D eigenvalue weighted by Crippen LogP contribution is -2.52. The first-order chi connectivity index (χ1) is 15.5. The highest BCUT2D eigenvalue weighted by atomic mass is 79.9. The molecule has 1 aliphatic rings. The number of carbonyl (C=O) groups excluding carboxylic acids is 1. The molecule has 176 valence electrons. The molecule has 1 atom stereocenters. The number of hydrogen-bond donors (Lipinski definition) is 1. The van der Waals surface area contributed by atoms with Crippen LogP contribution in [-0.4, -0.2) is 44.5 Å². The molecule has 0 bridgehead atoms. The van der Waals surface area contributed by atoms with Crippen molar-refractivity contribution < 1.29 is 22.7 Å². The van der Waals surface area contributed by atoms with Gasteiger partial charge in [0.1, 0.15) is 11.2 Å². The number of amides is 1. The van der Waals surface area contributed by atoms with E-state index >= 15 is 0 Å². The van der Waals surface area contributed by atoms with Crippen molar-refractivity contribution in [2.45, 2.75) is 39.1 Å². The first-order valence-corrected chi connectivity index (χ1v) is 11.1. The van der Waals surface area contributed by atoms with Gasteiger partial charge in [0.05, 0.1) is 0 Å². The van der Waals surface area contributed by atoms with Gasteiger partial charge in [0.15, 0.2) is 17.2 Å². The molecule has 3 heterocycles. The number of carbonyl (C=O) groups is 1. The van der Waals surface area contributed by atoms with E-state index in [1.165, 1.54) is 12.4 Å². The van der Waals surface area contributed by atoms with E-state index in [4.69, 9.17) is 4.74 Å². The molecular weight excluding hydrogens is 503 g/mol. The van der Waals surface area contributed by atoms with Gasteiger partial charge in [-0.2, -0.15) is 13.2 Å². The molecule has 0 spiro atoms. The Morgan fingerprint density at radius 3 is 2.73 bits per heavy atom. The molecule has 33 heavy (non-hydrogen) atoms. The Labute approximate surface area is 197 Å². The number of rotatable bonds is 4. The summed E-state index contributed by atoms with van der Waals surface area (Å²) in [7, 11) is 0. The van der Waals surface area contributed by atoms with Crippen LogP contribution in [0.4, 0.5) is 23.8 Å². The third-order valence-electron chi connectivity index (χ3n) is 5.43. The third-order valence-corrected chi connectivity index (χ3v) is 5.98. The lowest BCUT2D eigenvalue weighted by Gasteiger charge is -2.42. The number of anilines is 1. The first kappa shape index (κ1) is 23.3. The molecule has 0 unspecified atom stereocenters. The molecule has 0 aliphatic carbocycles. The van der Waals surface area contributed by atoms with Crippen LogP contribution < -0.4 is 5.32 Å². The van der Waals surface area contributed by atoms with Gasteiger partial charge in [0, 0.05) is 31.5 Å². The number of likely N-dealkylation sites (tertiary alicyclic amines) is 1. The Morgan fingerprint density at radius 2 is 2.03 bits per heavy atom. The lowest BCUT2D eigenvalue weighted by atomic mass is 9.82. The number of ether oxygens (including phenoxy) is 1. The number of piperidine rings is 1. The van der Waals surface area contributed by atoms with Gasteiger partial charge < -0.3 is 15.0 Å². The third kappa shape index (κ3) is 5.23. The van der Waals surface area contributed by atoms with Crippen LogP contribution in [-0.2, 0) is 17.5 Å². The number of alkyl halides is 3. The fourth-order valence-electron chi connectivity index (χ4n) is 4.19. The zero-order valence-corrected chi connectivity index (χ0v) is 19.7. The van der Waals surface area contributed by atoms with Crippen molar-refractivity contribution in [1.82, 2.24) is 19.3 Å². The van der Waals surface area contributed by atoms with E-state index in [0.717, 1.165) is 9.96 Å². The van der Waals surface area contributed by atoms with Crippen molar-refractivity contribution in [2.24, 2.45) is 5.41 Å². The van der Waals surface area contributed by atoms with Crippen LogP contribution in [0.5, 0.6) is 0 Å². The second kappa shape index (κ2) is 8.85. The van der Waals surface area contributed by atoms with E-state index in [0.29, 0.717) is 19.5 Å². The minimum absolute atomic E-state index is 0.0621. The number of hydrogen-bond acceptors (Lipinski definition) is 5. The van der Waals surface area contributed by atoms with Gasteiger partial charge in [-0.25, -0.2) is 14.8 Å². The Kier molecular flexibility index (Phi) is 6.26. The van der Waals surface area contributed by atoms with Gasteiger partial charge in [-0.05, 0) is 33.3 Å². The monoisotopic (exact) mass is 525 g/mol.